The SMILES string of the molecule is COc1ccc(C)cc1CNc1ccc(Cl)cc1Br. The lowest BCUT2D eigenvalue weighted by Crippen LogP contribution is -2.02. The van der Waals surface area contributed by atoms with E-state index < -0.39 is 0 Å². The minimum absolute atomic E-state index is 0.699. The largest absolute Gasteiger partial charge is 0.496 e. The average Bonchev–Trinajstić information content (AvgIpc) is 2.38. The molecule has 0 aliphatic carbocycles. The number of hydrogen-bond acceptors (Lipinski definition) is 2. The van der Waals surface area contributed by atoms with Crippen molar-refractivity contribution in [3.8, 4) is 5.75 Å². The third-order valence-electron chi connectivity index (χ3n) is 2.84. The molecule has 0 aromatic heterocycles. The van der Waals surface area contributed by atoms with Crippen molar-refractivity contribution in [3.05, 3.63) is 57.0 Å². The summed E-state index contributed by atoms with van der Waals surface area (Å²) in [5, 5.41) is 4.09. The lowest BCUT2D eigenvalue weighted by molar-refractivity contribution is 0.410. The lowest BCUT2D eigenvalue weighted by Gasteiger charge is -2.12. The summed E-state index contributed by atoms with van der Waals surface area (Å²) in [6, 6.07) is 11.8. The molecule has 0 amide bonds. The van der Waals surface area contributed by atoms with Crippen molar-refractivity contribution in [3.63, 3.8) is 0 Å². The van der Waals surface area contributed by atoms with E-state index >= 15 is 0 Å². The number of nitrogens with one attached hydrogen (secondary N) is 1. The minimum Gasteiger partial charge on any atom is -0.496 e. The van der Waals surface area contributed by atoms with Gasteiger partial charge in [0.2, 0.25) is 0 Å². The van der Waals surface area contributed by atoms with Gasteiger partial charge in [-0.05, 0) is 47.1 Å². The van der Waals surface area contributed by atoms with Gasteiger partial charge in [-0.15, -0.1) is 0 Å². The predicted octanol–water partition coefficient (Wildman–Crippen LogP) is 5.03. The van der Waals surface area contributed by atoms with Gasteiger partial charge in [0.05, 0.1) is 7.11 Å². The molecule has 0 atom stereocenters. The van der Waals surface area contributed by atoms with Crippen molar-refractivity contribution >= 4 is 33.2 Å². The number of benzene rings is 2. The van der Waals surface area contributed by atoms with Crippen molar-refractivity contribution in [2.24, 2.45) is 0 Å². The van der Waals surface area contributed by atoms with Crippen molar-refractivity contribution in [2.45, 2.75) is 13.5 Å². The Bertz CT molecular complexity index is 586. The van der Waals surface area contributed by atoms with E-state index in [1.54, 1.807) is 7.11 Å². The number of anilines is 1. The highest BCUT2D eigenvalue weighted by Crippen LogP contribution is 2.27. The Hall–Kier alpha value is -1.19. The predicted molar refractivity (Wildman–Crippen MR) is 84.2 cm³/mol. The third kappa shape index (κ3) is 3.64. The lowest BCUT2D eigenvalue weighted by atomic mass is 10.1. The van der Waals surface area contributed by atoms with E-state index in [1.807, 2.05) is 30.3 Å². The molecule has 100 valence electrons. The Morgan fingerprint density at radius 2 is 2.00 bits per heavy atom. The van der Waals surface area contributed by atoms with Crippen LogP contribution in [0, 0.1) is 6.92 Å². The van der Waals surface area contributed by atoms with Gasteiger partial charge in [-0.2, -0.15) is 0 Å². The fourth-order valence-corrected chi connectivity index (χ4v) is 2.69. The van der Waals surface area contributed by atoms with Crippen LogP contribution in [0.2, 0.25) is 5.02 Å². The molecule has 4 heteroatoms. The topological polar surface area (TPSA) is 21.3 Å². The Kier molecular flexibility index (Phi) is 4.72. The smallest absolute Gasteiger partial charge is 0.123 e. The fourth-order valence-electron chi connectivity index (χ4n) is 1.87. The molecular formula is C15H15BrClNO. The maximum absolute atomic E-state index is 5.92. The van der Waals surface area contributed by atoms with Crippen molar-refractivity contribution in [2.75, 3.05) is 12.4 Å². The minimum atomic E-state index is 0.699. The molecular weight excluding hydrogens is 326 g/mol. The summed E-state index contributed by atoms with van der Waals surface area (Å²) in [5.41, 5.74) is 3.35. The molecule has 0 saturated heterocycles. The van der Waals surface area contributed by atoms with Gasteiger partial charge in [-0.3, -0.25) is 0 Å². The van der Waals surface area contributed by atoms with Crippen LogP contribution in [0.15, 0.2) is 40.9 Å². The molecule has 2 rings (SSSR count). The number of halogens is 2. The molecule has 0 radical (unpaired) electrons. The molecule has 2 aromatic carbocycles. The molecule has 0 aliphatic heterocycles. The van der Waals surface area contributed by atoms with Crippen LogP contribution in [0.4, 0.5) is 5.69 Å². The first-order valence-electron chi connectivity index (χ1n) is 5.92. The summed E-state index contributed by atoms with van der Waals surface area (Å²) < 4.78 is 6.32. The summed E-state index contributed by atoms with van der Waals surface area (Å²) in [6.45, 7) is 2.77. The molecule has 0 unspecified atom stereocenters. The van der Waals surface area contributed by atoms with Crippen LogP contribution in [0.1, 0.15) is 11.1 Å². The quantitative estimate of drug-likeness (QED) is 0.842. The summed E-state index contributed by atoms with van der Waals surface area (Å²) in [5.74, 6) is 0.892. The van der Waals surface area contributed by atoms with E-state index in [0.717, 1.165) is 21.5 Å². The first-order chi connectivity index (χ1) is 9.10. The Morgan fingerprint density at radius 3 is 2.68 bits per heavy atom. The van der Waals surface area contributed by atoms with Crippen molar-refractivity contribution in [1.29, 1.82) is 0 Å². The van der Waals surface area contributed by atoms with E-state index in [1.165, 1.54) is 5.56 Å². The third-order valence-corrected chi connectivity index (χ3v) is 3.73. The van der Waals surface area contributed by atoms with Crippen LogP contribution in [-0.2, 0) is 6.54 Å². The van der Waals surface area contributed by atoms with Gasteiger partial charge in [0.25, 0.3) is 0 Å². The Morgan fingerprint density at radius 1 is 1.21 bits per heavy atom. The highest BCUT2D eigenvalue weighted by atomic mass is 79.9. The van der Waals surface area contributed by atoms with Gasteiger partial charge in [-0.1, -0.05) is 29.3 Å². The Balaban J connectivity index is 2.16. The fraction of sp³-hybridized carbons (Fsp3) is 0.200. The molecule has 2 nitrogen and oxygen atoms in total. The van der Waals surface area contributed by atoms with Crippen LogP contribution < -0.4 is 10.1 Å². The maximum atomic E-state index is 5.92. The second-order valence-electron chi connectivity index (χ2n) is 4.29. The van der Waals surface area contributed by atoms with Crippen LogP contribution in [0.25, 0.3) is 0 Å². The second kappa shape index (κ2) is 6.31. The monoisotopic (exact) mass is 339 g/mol. The van der Waals surface area contributed by atoms with Crippen LogP contribution in [0.5, 0.6) is 5.75 Å². The van der Waals surface area contributed by atoms with E-state index in [9.17, 15) is 0 Å². The molecule has 0 aliphatic rings. The molecule has 0 spiro atoms. The zero-order valence-electron chi connectivity index (χ0n) is 10.8. The van der Waals surface area contributed by atoms with E-state index in [-0.39, 0.29) is 0 Å². The van der Waals surface area contributed by atoms with Gasteiger partial charge in [0.1, 0.15) is 5.75 Å². The van der Waals surface area contributed by atoms with Crippen molar-refractivity contribution in [1.82, 2.24) is 0 Å². The van der Waals surface area contributed by atoms with Gasteiger partial charge < -0.3 is 10.1 Å². The van der Waals surface area contributed by atoms with Crippen LogP contribution in [-0.4, -0.2) is 7.11 Å². The highest BCUT2D eigenvalue weighted by Gasteiger charge is 2.05. The molecule has 0 saturated carbocycles. The average molecular weight is 341 g/mol. The number of hydrogen-bond donors (Lipinski definition) is 1. The summed E-state index contributed by atoms with van der Waals surface area (Å²) >= 11 is 9.42. The highest BCUT2D eigenvalue weighted by molar-refractivity contribution is 9.10. The first kappa shape index (κ1) is 14.2. The van der Waals surface area contributed by atoms with E-state index in [0.29, 0.717) is 11.6 Å². The molecule has 0 heterocycles. The van der Waals surface area contributed by atoms with Crippen molar-refractivity contribution < 1.29 is 4.74 Å². The normalized spacial score (nSPS) is 10.3. The van der Waals surface area contributed by atoms with Gasteiger partial charge >= 0.3 is 0 Å². The number of rotatable bonds is 4. The molecule has 2 aromatic rings. The van der Waals surface area contributed by atoms with Crippen LogP contribution in [0.3, 0.4) is 0 Å². The summed E-state index contributed by atoms with van der Waals surface area (Å²) in [4.78, 5) is 0. The molecule has 19 heavy (non-hydrogen) atoms. The maximum Gasteiger partial charge on any atom is 0.123 e. The first-order valence-corrected chi connectivity index (χ1v) is 7.09. The summed E-state index contributed by atoms with van der Waals surface area (Å²) in [7, 11) is 1.69. The molecule has 0 bridgehead atoms. The number of aryl methyl sites for hydroxylation is 1. The Labute approximate surface area is 126 Å². The zero-order chi connectivity index (χ0) is 13.8. The van der Waals surface area contributed by atoms with E-state index in [2.05, 4.69) is 34.2 Å². The van der Waals surface area contributed by atoms with Gasteiger partial charge in [0, 0.05) is 27.3 Å². The molecule has 0 fully saturated rings. The number of ether oxygens (including phenoxy) is 1. The standard InChI is InChI=1S/C15H15BrClNO/c1-10-3-6-15(19-2)11(7-10)9-18-14-5-4-12(17)8-13(14)16/h3-8,18H,9H2,1-2H3. The zero-order valence-corrected chi connectivity index (χ0v) is 13.2. The molecule has 1 N–H and O–H groups in total. The van der Waals surface area contributed by atoms with Crippen LogP contribution >= 0.6 is 27.5 Å². The number of methoxy groups -OCH3 is 1. The second-order valence-corrected chi connectivity index (χ2v) is 5.58. The van der Waals surface area contributed by atoms with Gasteiger partial charge in [-0.25, -0.2) is 0 Å². The van der Waals surface area contributed by atoms with Gasteiger partial charge in [0.15, 0.2) is 0 Å². The van der Waals surface area contributed by atoms with E-state index in [4.69, 9.17) is 16.3 Å². The summed E-state index contributed by atoms with van der Waals surface area (Å²) in [6.07, 6.45) is 0.